The molecule has 0 bridgehead atoms. The molecule has 7 heteroatoms. The zero-order valence-electron chi connectivity index (χ0n) is 22.8. The van der Waals surface area contributed by atoms with E-state index in [0.29, 0.717) is 12.0 Å². The van der Waals surface area contributed by atoms with Crippen LogP contribution in [0.5, 0.6) is 0 Å². The fraction of sp³-hybridized carbons (Fsp3) is 0.552. The third-order valence-electron chi connectivity index (χ3n) is 6.62. The van der Waals surface area contributed by atoms with Gasteiger partial charge in [-0.15, -0.1) is 11.3 Å². The van der Waals surface area contributed by atoms with E-state index in [4.69, 9.17) is 10.5 Å². The molecule has 1 fully saturated rings. The van der Waals surface area contributed by atoms with Crippen molar-refractivity contribution in [2.24, 2.45) is 17.6 Å². The summed E-state index contributed by atoms with van der Waals surface area (Å²) >= 11 is 1.45. The van der Waals surface area contributed by atoms with Gasteiger partial charge in [0.15, 0.2) is 0 Å². The Morgan fingerprint density at radius 1 is 1.08 bits per heavy atom. The molecule has 0 saturated carbocycles. The number of likely N-dealkylation sites (tertiary alicyclic amines) is 1. The van der Waals surface area contributed by atoms with Crippen molar-refractivity contribution in [2.45, 2.75) is 90.8 Å². The van der Waals surface area contributed by atoms with Crippen molar-refractivity contribution < 1.29 is 19.1 Å². The van der Waals surface area contributed by atoms with Crippen molar-refractivity contribution in [3.63, 3.8) is 0 Å². The first-order valence-electron chi connectivity index (χ1n) is 12.6. The fourth-order valence-corrected chi connectivity index (χ4v) is 6.01. The number of ether oxygens (including phenoxy) is 1. The van der Waals surface area contributed by atoms with Gasteiger partial charge < -0.3 is 15.4 Å². The van der Waals surface area contributed by atoms with E-state index in [0.717, 1.165) is 10.4 Å². The Morgan fingerprint density at radius 3 is 2.14 bits per heavy atom. The number of carbonyl (C=O) groups is 3. The van der Waals surface area contributed by atoms with Crippen molar-refractivity contribution in [2.75, 3.05) is 0 Å². The Bertz CT molecular complexity index is 1090. The summed E-state index contributed by atoms with van der Waals surface area (Å²) in [5.41, 5.74) is 5.34. The summed E-state index contributed by atoms with van der Waals surface area (Å²) in [5.74, 6) is -1.97. The molecule has 1 aromatic carbocycles. The van der Waals surface area contributed by atoms with Crippen molar-refractivity contribution in [1.29, 1.82) is 0 Å². The molecule has 196 valence electrons. The van der Waals surface area contributed by atoms with Crippen LogP contribution < -0.4 is 5.73 Å². The third kappa shape index (κ3) is 5.66. The van der Waals surface area contributed by atoms with Crippen LogP contribution in [0.4, 0.5) is 0 Å². The van der Waals surface area contributed by atoms with Gasteiger partial charge >= 0.3 is 5.97 Å². The standard InChI is InChI=1S/C29H40N2O4S/c1-18(2)16-29(26(34)35-28(6,7)8)17-21(24(30)32)23(22-10-9-15-36-22)31(29)25(33)19-11-13-20(14-12-19)27(3,4)5/h9-15,18,21,23H,16-17H2,1-8H3,(H2,30,32)/t21-,23+,29-/m0/s1. The average molecular weight is 513 g/mol. The van der Waals surface area contributed by atoms with Gasteiger partial charge in [-0.2, -0.15) is 0 Å². The predicted molar refractivity (Wildman–Crippen MR) is 144 cm³/mol. The van der Waals surface area contributed by atoms with Crippen molar-refractivity contribution >= 4 is 29.1 Å². The summed E-state index contributed by atoms with van der Waals surface area (Å²) in [6.45, 7) is 15.8. The van der Waals surface area contributed by atoms with Crippen LogP contribution in [0.25, 0.3) is 0 Å². The molecule has 36 heavy (non-hydrogen) atoms. The van der Waals surface area contributed by atoms with Gasteiger partial charge in [-0.25, -0.2) is 4.79 Å². The SMILES string of the molecule is CC(C)C[C@@]1(C(=O)OC(C)(C)C)C[C@H](C(N)=O)[C@H](c2cccs2)N1C(=O)c1ccc(C(C)(C)C)cc1. The molecule has 3 atom stereocenters. The van der Waals surface area contributed by atoms with Gasteiger partial charge in [0.2, 0.25) is 5.91 Å². The zero-order chi connectivity index (χ0) is 27.1. The lowest BCUT2D eigenvalue weighted by Gasteiger charge is -2.41. The Hall–Kier alpha value is -2.67. The summed E-state index contributed by atoms with van der Waals surface area (Å²) in [4.78, 5) is 43.5. The number of rotatable bonds is 6. The van der Waals surface area contributed by atoms with Gasteiger partial charge in [0, 0.05) is 10.4 Å². The van der Waals surface area contributed by atoms with Gasteiger partial charge in [0.1, 0.15) is 11.1 Å². The van der Waals surface area contributed by atoms with E-state index >= 15 is 0 Å². The minimum Gasteiger partial charge on any atom is -0.458 e. The molecule has 3 rings (SSSR count). The summed E-state index contributed by atoms with van der Waals surface area (Å²) in [6.07, 6.45) is 0.489. The second-order valence-corrected chi connectivity index (χ2v) is 13.3. The Balaban J connectivity index is 2.23. The number of hydrogen-bond acceptors (Lipinski definition) is 5. The molecular weight excluding hydrogens is 472 g/mol. The molecule has 0 unspecified atom stereocenters. The summed E-state index contributed by atoms with van der Waals surface area (Å²) in [5, 5.41) is 1.91. The lowest BCUT2D eigenvalue weighted by atomic mass is 9.83. The molecule has 2 amide bonds. The van der Waals surface area contributed by atoms with E-state index < -0.39 is 35.0 Å². The van der Waals surface area contributed by atoms with Crippen molar-refractivity contribution in [1.82, 2.24) is 4.90 Å². The highest BCUT2D eigenvalue weighted by Crippen LogP contribution is 2.52. The van der Waals surface area contributed by atoms with Crippen LogP contribution in [0.1, 0.15) is 95.1 Å². The highest BCUT2D eigenvalue weighted by atomic mass is 32.1. The van der Waals surface area contributed by atoms with Crippen LogP contribution in [0.15, 0.2) is 41.8 Å². The topological polar surface area (TPSA) is 89.7 Å². The first-order valence-corrected chi connectivity index (χ1v) is 13.4. The molecule has 2 heterocycles. The Morgan fingerprint density at radius 2 is 1.69 bits per heavy atom. The molecule has 0 radical (unpaired) electrons. The van der Waals surface area contributed by atoms with E-state index in [1.165, 1.54) is 11.3 Å². The smallest absolute Gasteiger partial charge is 0.332 e. The van der Waals surface area contributed by atoms with Gasteiger partial charge in [-0.05, 0) is 74.1 Å². The maximum atomic E-state index is 14.3. The second kappa shape index (κ2) is 10.0. The lowest BCUT2D eigenvalue weighted by molar-refractivity contribution is -0.168. The number of thiophene rings is 1. The molecule has 1 aliphatic rings. The van der Waals surface area contributed by atoms with Crippen LogP contribution in [-0.2, 0) is 19.7 Å². The van der Waals surface area contributed by atoms with Crippen LogP contribution >= 0.6 is 11.3 Å². The minimum absolute atomic E-state index is 0.0618. The largest absolute Gasteiger partial charge is 0.458 e. The van der Waals surface area contributed by atoms with Crippen molar-refractivity contribution in [3.8, 4) is 0 Å². The summed E-state index contributed by atoms with van der Waals surface area (Å²) in [7, 11) is 0. The van der Waals surface area contributed by atoms with Crippen LogP contribution in [0.2, 0.25) is 0 Å². The monoisotopic (exact) mass is 512 g/mol. The molecule has 1 aliphatic heterocycles. The van der Waals surface area contributed by atoms with Crippen molar-refractivity contribution in [3.05, 3.63) is 57.8 Å². The number of carbonyl (C=O) groups excluding carboxylic acids is 3. The third-order valence-corrected chi connectivity index (χ3v) is 7.56. The summed E-state index contributed by atoms with van der Waals surface area (Å²) < 4.78 is 5.92. The lowest BCUT2D eigenvalue weighted by Crippen LogP contribution is -2.56. The van der Waals surface area contributed by atoms with E-state index in [-0.39, 0.29) is 23.7 Å². The van der Waals surface area contributed by atoms with Gasteiger partial charge in [0.05, 0.1) is 12.0 Å². The predicted octanol–water partition coefficient (Wildman–Crippen LogP) is 5.86. The quantitative estimate of drug-likeness (QED) is 0.491. The first kappa shape index (κ1) is 27.9. The number of amides is 2. The number of hydrogen-bond donors (Lipinski definition) is 1. The number of nitrogens with zero attached hydrogens (tertiary/aromatic N) is 1. The highest BCUT2D eigenvalue weighted by molar-refractivity contribution is 7.10. The maximum Gasteiger partial charge on any atom is 0.332 e. The molecule has 2 N–H and O–H groups in total. The molecule has 1 aromatic heterocycles. The number of esters is 1. The normalized spacial score (nSPS) is 22.6. The van der Waals surface area contributed by atoms with E-state index in [1.54, 1.807) is 17.0 Å². The molecule has 1 saturated heterocycles. The average Bonchev–Trinajstić information content (AvgIpc) is 3.37. The fourth-order valence-electron chi connectivity index (χ4n) is 5.13. The minimum atomic E-state index is -1.32. The molecule has 2 aromatic rings. The first-order chi connectivity index (χ1) is 16.6. The van der Waals surface area contributed by atoms with Gasteiger partial charge in [0.25, 0.3) is 5.91 Å². The second-order valence-electron chi connectivity index (χ2n) is 12.3. The van der Waals surface area contributed by atoms with Gasteiger partial charge in [-0.1, -0.05) is 52.8 Å². The number of benzene rings is 1. The molecule has 0 spiro atoms. The van der Waals surface area contributed by atoms with E-state index in [1.807, 2.05) is 64.3 Å². The zero-order valence-corrected chi connectivity index (χ0v) is 23.6. The Labute approximate surface area is 219 Å². The maximum absolute atomic E-state index is 14.3. The number of nitrogens with two attached hydrogens (primary N) is 1. The molecule has 0 aliphatic carbocycles. The number of primary amides is 1. The highest BCUT2D eigenvalue weighted by Gasteiger charge is 2.61. The molecule has 6 nitrogen and oxygen atoms in total. The summed E-state index contributed by atoms with van der Waals surface area (Å²) in [6, 6.07) is 10.6. The van der Waals surface area contributed by atoms with Gasteiger partial charge in [-0.3, -0.25) is 9.59 Å². The Kier molecular flexibility index (Phi) is 7.75. The van der Waals surface area contributed by atoms with Crippen LogP contribution in [-0.4, -0.2) is 33.8 Å². The van der Waals surface area contributed by atoms with E-state index in [9.17, 15) is 14.4 Å². The van der Waals surface area contributed by atoms with Crippen LogP contribution in [0.3, 0.4) is 0 Å². The van der Waals surface area contributed by atoms with Crippen LogP contribution in [0, 0.1) is 11.8 Å². The van der Waals surface area contributed by atoms with E-state index in [2.05, 4.69) is 20.8 Å². The molecular formula is C29H40N2O4S.